The van der Waals surface area contributed by atoms with Crippen LogP contribution in [0.5, 0.6) is 0 Å². The van der Waals surface area contributed by atoms with Crippen molar-refractivity contribution in [3.63, 3.8) is 0 Å². The molecule has 2 nitrogen and oxygen atoms in total. The van der Waals surface area contributed by atoms with Crippen molar-refractivity contribution in [2.24, 2.45) is 9.98 Å². The molecule has 0 atom stereocenters. The molecule has 0 aromatic heterocycles. The molecule has 0 spiro atoms. The summed E-state index contributed by atoms with van der Waals surface area (Å²) in [5.74, 6) is 0. The monoisotopic (exact) mass is 162 g/mol. The van der Waals surface area contributed by atoms with Crippen LogP contribution in [0, 0.1) is 0 Å². The molecule has 0 aliphatic heterocycles. The van der Waals surface area contributed by atoms with E-state index in [2.05, 4.69) is 23.3 Å². The van der Waals surface area contributed by atoms with Crippen LogP contribution in [0.3, 0.4) is 0 Å². The molecule has 0 saturated carbocycles. The first-order chi connectivity index (χ1) is 5.81. The van der Waals surface area contributed by atoms with Crippen molar-refractivity contribution >= 4 is 12.9 Å². The highest BCUT2D eigenvalue weighted by Crippen LogP contribution is 1.93. The molecule has 0 bridgehead atoms. The summed E-state index contributed by atoms with van der Waals surface area (Å²) in [6.07, 6.45) is 9.22. The Labute approximate surface area is 73.7 Å². The molecule has 0 heterocycles. The first-order valence-electron chi connectivity index (χ1n) is 3.74. The SMILES string of the molecule is C=NC/C=C\C=C/C(=C)N=CC. The number of nitrogens with zero attached hydrogens (tertiary/aromatic N) is 2. The van der Waals surface area contributed by atoms with Crippen molar-refractivity contribution in [2.45, 2.75) is 6.92 Å². The summed E-state index contributed by atoms with van der Waals surface area (Å²) in [5, 5.41) is 0. The van der Waals surface area contributed by atoms with Crippen molar-refractivity contribution in [3.05, 3.63) is 36.6 Å². The number of hydrogen-bond acceptors (Lipinski definition) is 2. The van der Waals surface area contributed by atoms with Gasteiger partial charge in [-0.05, 0) is 19.7 Å². The Balaban J connectivity index is 3.75. The summed E-state index contributed by atoms with van der Waals surface area (Å²) in [6, 6.07) is 0. The molecule has 0 fully saturated rings. The fourth-order valence-corrected chi connectivity index (χ4v) is 0.589. The first-order valence-corrected chi connectivity index (χ1v) is 3.74. The lowest BCUT2D eigenvalue weighted by Crippen LogP contribution is -1.68. The molecule has 0 amide bonds. The van der Waals surface area contributed by atoms with Crippen molar-refractivity contribution in [3.8, 4) is 0 Å². The van der Waals surface area contributed by atoms with E-state index in [9.17, 15) is 0 Å². The van der Waals surface area contributed by atoms with Crippen LogP contribution < -0.4 is 0 Å². The fourth-order valence-electron chi connectivity index (χ4n) is 0.589. The molecule has 64 valence electrons. The topological polar surface area (TPSA) is 24.7 Å². The molecule has 0 unspecified atom stereocenters. The van der Waals surface area contributed by atoms with Crippen molar-refractivity contribution in [1.29, 1.82) is 0 Å². The smallest absolute Gasteiger partial charge is 0.0566 e. The Kier molecular flexibility index (Phi) is 6.74. The average molecular weight is 162 g/mol. The normalized spacial score (nSPS) is 11.8. The molecule has 0 aromatic carbocycles. The predicted octanol–water partition coefficient (Wildman–Crippen LogP) is 2.40. The number of aliphatic imine (C=N–C) groups is 2. The van der Waals surface area contributed by atoms with Gasteiger partial charge >= 0.3 is 0 Å². The van der Waals surface area contributed by atoms with Gasteiger partial charge in [-0.1, -0.05) is 24.8 Å². The van der Waals surface area contributed by atoms with Crippen LogP contribution in [0.15, 0.2) is 46.6 Å². The summed E-state index contributed by atoms with van der Waals surface area (Å²) in [5.41, 5.74) is 0.744. The van der Waals surface area contributed by atoms with E-state index in [1.165, 1.54) is 0 Å². The van der Waals surface area contributed by atoms with E-state index >= 15 is 0 Å². The third-order valence-corrected chi connectivity index (χ3v) is 1.07. The summed E-state index contributed by atoms with van der Waals surface area (Å²) >= 11 is 0. The van der Waals surface area contributed by atoms with Gasteiger partial charge in [-0.15, -0.1) is 0 Å². The third-order valence-electron chi connectivity index (χ3n) is 1.07. The zero-order chi connectivity index (χ0) is 9.23. The van der Waals surface area contributed by atoms with Crippen LogP contribution in [-0.4, -0.2) is 19.5 Å². The quantitative estimate of drug-likeness (QED) is 0.438. The number of hydrogen-bond donors (Lipinski definition) is 0. The highest BCUT2D eigenvalue weighted by Gasteiger charge is 1.75. The van der Waals surface area contributed by atoms with Crippen LogP contribution in [0.2, 0.25) is 0 Å². The second-order valence-corrected chi connectivity index (χ2v) is 2.07. The lowest BCUT2D eigenvalue weighted by atomic mass is 10.4. The molecule has 0 aliphatic carbocycles. The van der Waals surface area contributed by atoms with E-state index in [0.717, 1.165) is 5.70 Å². The summed E-state index contributed by atoms with van der Waals surface area (Å²) in [4.78, 5) is 7.63. The Morgan fingerprint density at radius 2 is 2.17 bits per heavy atom. The van der Waals surface area contributed by atoms with Gasteiger partial charge in [0.05, 0.1) is 12.2 Å². The van der Waals surface area contributed by atoms with Gasteiger partial charge in [0.1, 0.15) is 0 Å². The Bertz CT molecular complexity index is 222. The zero-order valence-corrected chi connectivity index (χ0v) is 7.40. The van der Waals surface area contributed by atoms with Gasteiger partial charge in [0.15, 0.2) is 0 Å². The van der Waals surface area contributed by atoms with Crippen molar-refractivity contribution in [2.75, 3.05) is 6.54 Å². The summed E-state index contributed by atoms with van der Waals surface area (Å²) < 4.78 is 0. The first kappa shape index (κ1) is 10.6. The molecule has 0 aliphatic rings. The fraction of sp³-hybridized carbons (Fsp3) is 0.200. The molecule has 0 radical (unpaired) electrons. The van der Waals surface area contributed by atoms with E-state index in [0.29, 0.717) is 6.54 Å². The second-order valence-electron chi connectivity index (χ2n) is 2.07. The van der Waals surface area contributed by atoms with Gasteiger partial charge in [-0.25, -0.2) is 0 Å². The molecular formula is C10H14N2. The minimum atomic E-state index is 0.647. The van der Waals surface area contributed by atoms with Crippen LogP contribution in [0.4, 0.5) is 0 Å². The maximum Gasteiger partial charge on any atom is 0.0566 e. The largest absolute Gasteiger partial charge is 0.297 e. The van der Waals surface area contributed by atoms with E-state index in [4.69, 9.17) is 0 Å². The lowest BCUT2D eigenvalue weighted by molar-refractivity contribution is 1.27. The van der Waals surface area contributed by atoms with Gasteiger partial charge < -0.3 is 0 Å². The highest BCUT2D eigenvalue weighted by atomic mass is 14.7. The Morgan fingerprint density at radius 1 is 1.42 bits per heavy atom. The van der Waals surface area contributed by atoms with Crippen LogP contribution in [0.1, 0.15) is 6.92 Å². The number of rotatable bonds is 5. The van der Waals surface area contributed by atoms with E-state index in [1.54, 1.807) is 6.21 Å². The van der Waals surface area contributed by atoms with E-state index in [-0.39, 0.29) is 0 Å². The second kappa shape index (κ2) is 7.66. The average Bonchev–Trinajstić information content (AvgIpc) is 2.05. The lowest BCUT2D eigenvalue weighted by Gasteiger charge is -1.84. The molecule has 0 rings (SSSR count). The molecule has 0 aromatic rings. The van der Waals surface area contributed by atoms with Crippen molar-refractivity contribution in [1.82, 2.24) is 0 Å². The number of allylic oxidation sites excluding steroid dienone is 3. The van der Waals surface area contributed by atoms with Gasteiger partial charge in [-0.3, -0.25) is 9.98 Å². The molecule has 0 N–H and O–H groups in total. The minimum Gasteiger partial charge on any atom is -0.297 e. The van der Waals surface area contributed by atoms with Gasteiger partial charge in [0.2, 0.25) is 0 Å². The third kappa shape index (κ3) is 6.68. The van der Waals surface area contributed by atoms with Crippen LogP contribution in [-0.2, 0) is 0 Å². The Morgan fingerprint density at radius 3 is 2.75 bits per heavy atom. The van der Waals surface area contributed by atoms with Gasteiger partial charge in [0, 0.05) is 6.21 Å². The Hall–Kier alpha value is -1.44. The molecule has 12 heavy (non-hydrogen) atoms. The van der Waals surface area contributed by atoms with E-state index in [1.807, 2.05) is 31.2 Å². The summed E-state index contributed by atoms with van der Waals surface area (Å²) in [6.45, 7) is 9.57. The summed E-state index contributed by atoms with van der Waals surface area (Å²) in [7, 11) is 0. The standard InChI is InChI=1S/C10H14N2/c1-4-12-10(2)8-6-5-7-9-11-3/h4-8H,2-3,9H2,1H3/b7-5-,8-6-,12-4?. The van der Waals surface area contributed by atoms with Crippen LogP contribution in [0.25, 0.3) is 0 Å². The minimum absolute atomic E-state index is 0.647. The highest BCUT2D eigenvalue weighted by molar-refractivity contribution is 5.55. The van der Waals surface area contributed by atoms with E-state index < -0.39 is 0 Å². The maximum atomic E-state index is 3.97. The molecular weight excluding hydrogens is 148 g/mol. The predicted molar refractivity (Wildman–Crippen MR) is 56.0 cm³/mol. The van der Waals surface area contributed by atoms with Gasteiger partial charge in [-0.2, -0.15) is 0 Å². The molecule has 0 saturated heterocycles. The maximum absolute atomic E-state index is 3.97. The van der Waals surface area contributed by atoms with Crippen molar-refractivity contribution < 1.29 is 0 Å². The van der Waals surface area contributed by atoms with Crippen LogP contribution >= 0.6 is 0 Å². The molecule has 2 heteroatoms. The zero-order valence-electron chi connectivity index (χ0n) is 7.40. The van der Waals surface area contributed by atoms with Gasteiger partial charge in [0.25, 0.3) is 0 Å².